The van der Waals surface area contributed by atoms with Crippen LogP contribution in [0.25, 0.3) is 21.7 Å². The Morgan fingerprint density at radius 1 is 0.860 bits per heavy atom. The molecule has 0 fully saturated rings. The zero-order chi connectivity index (χ0) is 30.1. The van der Waals surface area contributed by atoms with Crippen molar-refractivity contribution >= 4 is 33.2 Å². The molecule has 43 heavy (non-hydrogen) atoms. The summed E-state index contributed by atoms with van der Waals surface area (Å²) < 4.78 is 46.8. The lowest BCUT2D eigenvalue weighted by Crippen LogP contribution is -2.24. The molecule has 3 heterocycles. The van der Waals surface area contributed by atoms with Gasteiger partial charge in [-0.05, 0) is 60.3 Å². The van der Waals surface area contributed by atoms with Crippen LogP contribution in [-0.4, -0.2) is 33.7 Å². The minimum atomic E-state index is -0.665. The Balaban J connectivity index is 1.31. The zero-order valence-electron chi connectivity index (χ0n) is 23.4. The fourth-order valence-electron chi connectivity index (χ4n) is 4.83. The van der Waals surface area contributed by atoms with Crippen molar-refractivity contribution in [3.8, 4) is 23.1 Å². The second kappa shape index (κ2) is 11.4. The van der Waals surface area contributed by atoms with Gasteiger partial charge < -0.3 is 24.1 Å². The van der Waals surface area contributed by atoms with Crippen molar-refractivity contribution in [1.29, 1.82) is 0 Å². The molecule has 216 valence electrons. The third-order valence-electron chi connectivity index (χ3n) is 6.99. The van der Waals surface area contributed by atoms with Crippen molar-refractivity contribution in [2.75, 3.05) is 19.5 Å². The maximum atomic E-state index is 15.3. The van der Waals surface area contributed by atoms with E-state index in [4.69, 9.17) is 14.2 Å². The molecule has 1 N–H and O–H groups in total. The number of halogens is 2. The second-order valence-corrected chi connectivity index (χ2v) is 9.70. The summed E-state index contributed by atoms with van der Waals surface area (Å²) in [5, 5.41) is 4.60. The van der Waals surface area contributed by atoms with Crippen LogP contribution in [-0.2, 0) is 6.54 Å². The molecule has 3 aromatic heterocycles. The zero-order valence-corrected chi connectivity index (χ0v) is 23.4. The van der Waals surface area contributed by atoms with E-state index in [1.54, 1.807) is 47.2 Å². The summed E-state index contributed by atoms with van der Waals surface area (Å²) in [6, 6.07) is 17.2. The molecule has 0 spiro atoms. The summed E-state index contributed by atoms with van der Waals surface area (Å²) in [7, 11) is 3.03. The highest BCUT2D eigenvalue weighted by atomic mass is 19.1. The summed E-state index contributed by atoms with van der Waals surface area (Å²) in [6.07, 6.45) is 2.89. The molecular weight excluding hydrogens is 556 g/mol. The molecular formula is C32H25F2N5O4. The van der Waals surface area contributed by atoms with E-state index in [0.29, 0.717) is 38.9 Å². The van der Waals surface area contributed by atoms with Gasteiger partial charge in [0, 0.05) is 29.7 Å². The van der Waals surface area contributed by atoms with Gasteiger partial charge in [0.05, 0.1) is 37.1 Å². The fraction of sp³-hybridized carbons (Fsp3) is 0.125. The van der Waals surface area contributed by atoms with Crippen molar-refractivity contribution in [2.24, 2.45) is 0 Å². The molecule has 0 atom stereocenters. The van der Waals surface area contributed by atoms with E-state index < -0.39 is 5.82 Å². The van der Waals surface area contributed by atoms with Crippen LogP contribution < -0.4 is 25.1 Å². The molecule has 0 saturated heterocycles. The first kappa shape index (κ1) is 27.6. The van der Waals surface area contributed by atoms with Crippen LogP contribution in [0.15, 0.2) is 84.0 Å². The maximum Gasteiger partial charge on any atom is 0.262 e. The highest BCUT2D eigenvalue weighted by molar-refractivity contribution is 5.93. The summed E-state index contributed by atoms with van der Waals surface area (Å²) in [6.45, 7) is 2.09. The van der Waals surface area contributed by atoms with E-state index in [2.05, 4.69) is 20.3 Å². The Morgan fingerprint density at radius 2 is 1.63 bits per heavy atom. The van der Waals surface area contributed by atoms with Crippen LogP contribution >= 0.6 is 0 Å². The standard InChI is InChI=1S/C32H25F2N5O4/c1-18-12-20-10-11-35-30(29(20)32(40)39(18)16-19-4-6-21(33)7-5-19)38-22-8-9-26(24(34)13-22)43-31-23-14-27(41-2)28(42-3)15-25(23)36-17-37-31/h4-15,17H,16H2,1-3H3,(H,35,38). The third-order valence-corrected chi connectivity index (χ3v) is 6.99. The van der Waals surface area contributed by atoms with E-state index in [1.165, 1.54) is 44.8 Å². The number of aromatic nitrogens is 4. The van der Waals surface area contributed by atoms with E-state index in [0.717, 1.165) is 11.3 Å². The van der Waals surface area contributed by atoms with E-state index in [1.807, 2.05) is 13.0 Å². The summed E-state index contributed by atoms with van der Waals surface area (Å²) >= 11 is 0. The van der Waals surface area contributed by atoms with Crippen LogP contribution in [0.3, 0.4) is 0 Å². The van der Waals surface area contributed by atoms with Crippen molar-refractivity contribution in [3.05, 3.63) is 112 Å². The number of hydrogen-bond acceptors (Lipinski definition) is 8. The van der Waals surface area contributed by atoms with Gasteiger partial charge in [-0.3, -0.25) is 4.79 Å². The number of methoxy groups -OCH3 is 2. The number of nitrogens with zero attached hydrogens (tertiary/aromatic N) is 4. The van der Waals surface area contributed by atoms with Gasteiger partial charge in [-0.1, -0.05) is 12.1 Å². The van der Waals surface area contributed by atoms with Crippen molar-refractivity contribution < 1.29 is 23.0 Å². The quantitative estimate of drug-likeness (QED) is 0.217. The normalized spacial score (nSPS) is 11.1. The van der Waals surface area contributed by atoms with Crippen LogP contribution in [0, 0.1) is 18.6 Å². The van der Waals surface area contributed by atoms with Gasteiger partial charge in [-0.25, -0.2) is 23.7 Å². The predicted molar refractivity (Wildman–Crippen MR) is 159 cm³/mol. The monoisotopic (exact) mass is 581 g/mol. The highest BCUT2D eigenvalue weighted by Crippen LogP contribution is 2.36. The Labute approximate surface area is 244 Å². The lowest BCUT2D eigenvalue weighted by molar-refractivity contribution is 0.355. The number of ether oxygens (including phenoxy) is 3. The van der Waals surface area contributed by atoms with Crippen LogP contribution in [0.1, 0.15) is 11.3 Å². The molecule has 0 bridgehead atoms. The van der Waals surface area contributed by atoms with Gasteiger partial charge >= 0.3 is 0 Å². The molecule has 6 aromatic rings. The lowest BCUT2D eigenvalue weighted by atomic mass is 10.1. The van der Waals surface area contributed by atoms with Crippen molar-refractivity contribution in [3.63, 3.8) is 0 Å². The first-order chi connectivity index (χ1) is 20.8. The second-order valence-electron chi connectivity index (χ2n) is 9.70. The van der Waals surface area contributed by atoms with Gasteiger partial charge in [0.2, 0.25) is 5.88 Å². The molecule has 0 aliphatic carbocycles. The van der Waals surface area contributed by atoms with Crippen LogP contribution in [0.5, 0.6) is 23.1 Å². The number of anilines is 2. The molecule has 0 amide bonds. The van der Waals surface area contributed by atoms with E-state index in [-0.39, 0.29) is 35.4 Å². The van der Waals surface area contributed by atoms with Crippen LogP contribution in [0.4, 0.5) is 20.3 Å². The van der Waals surface area contributed by atoms with E-state index >= 15 is 4.39 Å². The minimum absolute atomic E-state index is 0.0662. The molecule has 3 aromatic carbocycles. The fourth-order valence-corrected chi connectivity index (χ4v) is 4.83. The van der Waals surface area contributed by atoms with Gasteiger partial charge in [0.1, 0.15) is 18.0 Å². The van der Waals surface area contributed by atoms with Crippen molar-refractivity contribution in [1.82, 2.24) is 19.5 Å². The Kier molecular flexibility index (Phi) is 7.29. The smallest absolute Gasteiger partial charge is 0.262 e. The number of rotatable bonds is 8. The largest absolute Gasteiger partial charge is 0.493 e. The average molecular weight is 582 g/mol. The molecule has 9 nitrogen and oxygen atoms in total. The Bertz CT molecular complexity index is 2050. The van der Waals surface area contributed by atoms with Gasteiger partial charge in [0.25, 0.3) is 5.56 Å². The SMILES string of the molecule is COc1cc2ncnc(Oc3ccc(Nc4nccc5cc(C)n(Cc6ccc(F)cc6)c(=O)c45)cc3F)c2cc1OC. The molecule has 0 radical (unpaired) electrons. The molecule has 6 rings (SSSR count). The molecule has 0 aliphatic heterocycles. The summed E-state index contributed by atoms with van der Waals surface area (Å²) in [4.78, 5) is 26.4. The number of benzene rings is 3. The predicted octanol–water partition coefficient (Wildman–Crippen LogP) is 6.53. The average Bonchev–Trinajstić information content (AvgIpc) is 3.00. The lowest BCUT2D eigenvalue weighted by Gasteiger charge is -2.15. The first-order valence-corrected chi connectivity index (χ1v) is 13.2. The molecule has 0 unspecified atom stereocenters. The third kappa shape index (κ3) is 5.40. The Morgan fingerprint density at radius 3 is 2.37 bits per heavy atom. The highest BCUT2D eigenvalue weighted by Gasteiger charge is 2.16. The number of pyridine rings is 2. The molecule has 11 heteroatoms. The number of nitrogens with one attached hydrogen (secondary N) is 1. The number of hydrogen-bond donors (Lipinski definition) is 1. The van der Waals surface area contributed by atoms with Gasteiger partial charge in [-0.2, -0.15) is 0 Å². The van der Waals surface area contributed by atoms with Gasteiger partial charge in [-0.15, -0.1) is 0 Å². The number of aryl methyl sites for hydroxylation is 1. The molecule has 0 aliphatic rings. The number of fused-ring (bicyclic) bond motifs is 2. The van der Waals surface area contributed by atoms with Crippen LogP contribution in [0.2, 0.25) is 0 Å². The Hall–Kier alpha value is -5.58. The first-order valence-electron chi connectivity index (χ1n) is 13.2. The molecule has 0 saturated carbocycles. The minimum Gasteiger partial charge on any atom is -0.493 e. The van der Waals surface area contributed by atoms with E-state index in [9.17, 15) is 9.18 Å². The maximum absolute atomic E-state index is 15.3. The topological polar surface area (TPSA) is 100 Å². The van der Waals surface area contributed by atoms with Gasteiger partial charge in [0.15, 0.2) is 23.1 Å². The summed E-state index contributed by atoms with van der Waals surface area (Å²) in [5.74, 6) is 0.261. The summed E-state index contributed by atoms with van der Waals surface area (Å²) in [5.41, 5.74) is 2.12. The van der Waals surface area contributed by atoms with Crippen molar-refractivity contribution in [2.45, 2.75) is 13.5 Å².